The molecule has 2 aromatic heterocycles. The summed E-state index contributed by atoms with van der Waals surface area (Å²) in [7, 11) is 3.41. The van der Waals surface area contributed by atoms with Crippen LogP contribution in [0.1, 0.15) is 69.5 Å². The van der Waals surface area contributed by atoms with Crippen molar-refractivity contribution >= 4 is 40.0 Å². The van der Waals surface area contributed by atoms with Crippen LogP contribution in [0.5, 0.6) is 11.5 Å². The summed E-state index contributed by atoms with van der Waals surface area (Å²) >= 11 is 1.53. The number of ether oxygens (including phenoxy) is 2. The predicted molar refractivity (Wildman–Crippen MR) is 176 cm³/mol. The lowest BCUT2D eigenvalue weighted by molar-refractivity contribution is -0.145. The second kappa shape index (κ2) is 12.7. The molecule has 5 atom stereocenters. The second-order valence-corrected chi connectivity index (χ2v) is 14.1. The fourth-order valence-electron chi connectivity index (χ4n) is 6.85. The number of hydrogen-bond acceptors (Lipinski definition) is 8. The zero-order valence-electron chi connectivity index (χ0n) is 27.0. The summed E-state index contributed by atoms with van der Waals surface area (Å²) in [6.45, 7) is 6.75. The number of fused-ring (bicyclic) bond motifs is 3. The molecule has 3 heterocycles. The van der Waals surface area contributed by atoms with Crippen LogP contribution in [0.2, 0.25) is 0 Å². The van der Waals surface area contributed by atoms with Gasteiger partial charge in [0.2, 0.25) is 11.8 Å². The smallest absolute Gasteiger partial charge is 0.330 e. The second-order valence-electron chi connectivity index (χ2n) is 13.2. The highest BCUT2D eigenvalue weighted by atomic mass is 32.1. The van der Waals surface area contributed by atoms with E-state index < -0.39 is 35.4 Å². The van der Waals surface area contributed by atoms with Crippen LogP contribution in [0.25, 0.3) is 21.6 Å². The summed E-state index contributed by atoms with van der Waals surface area (Å²) in [6.07, 6.45) is 6.97. The van der Waals surface area contributed by atoms with E-state index in [0.717, 1.165) is 46.4 Å². The number of carbonyl (C=O) groups excluding carboxylic acids is 2. The topological polar surface area (TPSA) is 131 Å². The number of nitrogens with one attached hydrogen (secondary N) is 1. The molecule has 2 aliphatic carbocycles. The Balaban J connectivity index is 1.35. The van der Waals surface area contributed by atoms with E-state index in [1.807, 2.05) is 42.7 Å². The molecule has 0 saturated heterocycles. The molecule has 1 aliphatic heterocycles. The first-order valence-electron chi connectivity index (χ1n) is 16.1. The maximum absolute atomic E-state index is 13.8. The van der Waals surface area contributed by atoms with E-state index in [9.17, 15) is 19.5 Å². The largest absolute Gasteiger partial charge is 0.496 e. The SMILES string of the molecule is COc1ccc2c(O[C@H]3C[C@@H]4C(=O)N[C@]5(C(=O)O)C[C@H]5C=CCCCCN(C)C(=O)[C@H]4C3)cc(-c3nc(C(C)C)cs3)nc2c1C. The molecule has 11 heteroatoms. The van der Waals surface area contributed by atoms with Crippen LogP contribution < -0.4 is 14.8 Å². The van der Waals surface area contributed by atoms with Crippen LogP contribution in [0, 0.1) is 24.7 Å². The van der Waals surface area contributed by atoms with E-state index in [0.29, 0.717) is 36.6 Å². The van der Waals surface area contributed by atoms with Gasteiger partial charge in [0, 0.05) is 41.9 Å². The first kappa shape index (κ1) is 32.0. The minimum absolute atomic E-state index is 0.111. The molecule has 244 valence electrons. The third kappa shape index (κ3) is 5.97. The van der Waals surface area contributed by atoms with Crippen LogP contribution in [0.15, 0.2) is 35.7 Å². The van der Waals surface area contributed by atoms with Gasteiger partial charge in [0.15, 0.2) is 0 Å². The van der Waals surface area contributed by atoms with E-state index >= 15 is 0 Å². The third-order valence-electron chi connectivity index (χ3n) is 9.77. The fourth-order valence-corrected chi connectivity index (χ4v) is 7.79. The van der Waals surface area contributed by atoms with Gasteiger partial charge in [0.1, 0.15) is 33.8 Å². The Kier molecular flexibility index (Phi) is 8.80. The highest BCUT2D eigenvalue weighted by Gasteiger charge is 2.61. The molecule has 46 heavy (non-hydrogen) atoms. The van der Waals surface area contributed by atoms with Gasteiger partial charge in [-0.2, -0.15) is 0 Å². The molecule has 1 aromatic carbocycles. The number of allylic oxidation sites excluding steroid dienone is 1. The number of pyridine rings is 1. The summed E-state index contributed by atoms with van der Waals surface area (Å²) in [6, 6.07) is 5.70. The van der Waals surface area contributed by atoms with E-state index in [1.165, 1.54) is 11.3 Å². The molecular weight excluding hydrogens is 604 g/mol. The number of thiazole rings is 1. The Morgan fingerprint density at radius 3 is 2.65 bits per heavy atom. The Labute approximate surface area is 273 Å². The highest BCUT2D eigenvalue weighted by Crippen LogP contribution is 2.47. The van der Waals surface area contributed by atoms with Gasteiger partial charge >= 0.3 is 5.97 Å². The molecule has 2 fully saturated rings. The number of rotatable bonds is 6. The minimum Gasteiger partial charge on any atom is -0.496 e. The molecule has 3 aliphatic rings. The van der Waals surface area contributed by atoms with Crippen molar-refractivity contribution in [3.8, 4) is 22.2 Å². The number of amides is 2. The average molecular weight is 647 g/mol. The van der Waals surface area contributed by atoms with Crippen molar-refractivity contribution < 1.29 is 29.0 Å². The number of aromatic nitrogens is 2. The van der Waals surface area contributed by atoms with Crippen LogP contribution in [-0.4, -0.2) is 70.1 Å². The van der Waals surface area contributed by atoms with Gasteiger partial charge in [0.05, 0.1) is 30.2 Å². The maximum atomic E-state index is 13.8. The van der Waals surface area contributed by atoms with E-state index in [2.05, 4.69) is 19.2 Å². The number of hydrogen-bond donors (Lipinski definition) is 2. The summed E-state index contributed by atoms with van der Waals surface area (Å²) < 4.78 is 12.3. The van der Waals surface area contributed by atoms with Crippen molar-refractivity contribution in [2.24, 2.45) is 17.8 Å². The third-order valence-corrected chi connectivity index (χ3v) is 10.7. The highest BCUT2D eigenvalue weighted by molar-refractivity contribution is 7.13. The quantitative estimate of drug-likeness (QED) is 0.325. The first-order chi connectivity index (χ1) is 22.0. The van der Waals surface area contributed by atoms with Gasteiger partial charge in [-0.05, 0) is 63.5 Å². The van der Waals surface area contributed by atoms with E-state index in [1.54, 1.807) is 19.1 Å². The molecule has 0 radical (unpaired) electrons. The first-order valence-corrected chi connectivity index (χ1v) is 17.0. The van der Waals surface area contributed by atoms with E-state index in [4.69, 9.17) is 19.4 Å². The molecule has 2 saturated carbocycles. The molecule has 0 spiro atoms. The monoisotopic (exact) mass is 646 g/mol. The molecule has 10 nitrogen and oxygen atoms in total. The zero-order chi connectivity index (χ0) is 32.7. The number of benzene rings is 1. The van der Waals surface area contributed by atoms with Crippen LogP contribution in [0.4, 0.5) is 0 Å². The van der Waals surface area contributed by atoms with Crippen molar-refractivity contribution in [3.05, 3.63) is 47.0 Å². The van der Waals surface area contributed by atoms with E-state index in [-0.39, 0.29) is 24.2 Å². The summed E-state index contributed by atoms with van der Waals surface area (Å²) in [5.41, 5.74) is 1.94. The summed E-state index contributed by atoms with van der Waals surface area (Å²) in [4.78, 5) is 51.5. The minimum atomic E-state index is -1.33. The Morgan fingerprint density at radius 1 is 1.15 bits per heavy atom. The fraction of sp³-hybridized carbons (Fsp3) is 0.514. The molecule has 6 rings (SSSR count). The number of aryl methyl sites for hydroxylation is 1. The Morgan fingerprint density at radius 2 is 1.93 bits per heavy atom. The Bertz CT molecular complexity index is 1700. The Hall–Kier alpha value is -3.99. The standard InChI is InChI=1S/C35H42N4O6S/c1-19(2)27-18-46-32(37-27)26-16-29(23-11-12-28(44-5)20(3)30(23)36-26)45-22-14-24-25(15-22)33(41)39(4)13-9-7-6-8-10-21-17-35(21,34(42)43)38-31(24)40/h8,10-12,16,18-19,21-22,24-25H,6-7,9,13-15,17H2,1-5H3,(H,38,40)(H,42,43)/t21-,22+,24+,25+,35-/m1/s1. The number of methoxy groups -OCH3 is 1. The van der Waals surface area contributed by atoms with Crippen molar-refractivity contribution in [3.63, 3.8) is 0 Å². The molecule has 2 N–H and O–H groups in total. The van der Waals surface area contributed by atoms with Crippen molar-refractivity contribution in [1.29, 1.82) is 0 Å². The molecular formula is C35H42N4O6S. The molecule has 0 bridgehead atoms. The van der Waals surface area contributed by atoms with Crippen molar-refractivity contribution in [2.75, 3.05) is 20.7 Å². The summed E-state index contributed by atoms with van der Waals surface area (Å²) in [5.74, 6) is -1.58. The van der Waals surface area contributed by atoms with Gasteiger partial charge in [-0.1, -0.05) is 26.0 Å². The number of carbonyl (C=O) groups is 3. The van der Waals surface area contributed by atoms with Gasteiger partial charge in [0.25, 0.3) is 0 Å². The number of carboxylic acids is 1. The van der Waals surface area contributed by atoms with Crippen LogP contribution >= 0.6 is 11.3 Å². The lowest BCUT2D eigenvalue weighted by Crippen LogP contribution is -2.49. The summed E-state index contributed by atoms with van der Waals surface area (Å²) in [5, 5.41) is 16.6. The normalized spacial score (nSPS) is 26.8. The average Bonchev–Trinajstić information content (AvgIpc) is 3.33. The molecule has 2 amide bonds. The molecule has 0 unspecified atom stereocenters. The zero-order valence-corrected chi connectivity index (χ0v) is 27.9. The van der Waals surface area contributed by atoms with Crippen molar-refractivity contribution in [2.45, 2.75) is 76.9 Å². The number of aliphatic carboxylic acids is 1. The van der Waals surface area contributed by atoms with Crippen LogP contribution in [0.3, 0.4) is 0 Å². The molecule has 3 aromatic rings. The van der Waals surface area contributed by atoms with Gasteiger partial charge < -0.3 is 24.8 Å². The van der Waals surface area contributed by atoms with Gasteiger partial charge in [-0.3, -0.25) is 9.59 Å². The van der Waals surface area contributed by atoms with Gasteiger partial charge in [-0.25, -0.2) is 14.8 Å². The predicted octanol–water partition coefficient (Wildman–Crippen LogP) is 5.73. The van der Waals surface area contributed by atoms with Crippen molar-refractivity contribution in [1.82, 2.24) is 20.2 Å². The lowest BCUT2D eigenvalue weighted by Gasteiger charge is -2.26. The number of nitrogens with zero attached hydrogens (tertiary/aromatic N) is 3. The van der Waals surface area contributed by atoms with Gasteiger partial charge in [-0.15, -0.1) is 11.3 Å². The lowest BCUT2D eigenvalue weighted by atomic mass is 9.93. The maximum Gasteiger partial charge on any atom is 0.330 e. The number of carboxylic acid groups (broad SMARTS) is 1. The van der Waals surface area contributed by atoms with Crippen LogP contribution in [-0.2, 0) is 14.4 Å².